The molecule has 0 saturated heterocycles. The monoisotopic (exact) mass is 277 g/mol. The Kier molecular flexibility index (Phi) is 3.51. The van der Waals surface area contributed by atoms with E-state index in [4.69, 9.17) is 0 Å². The number of anilines is 1. The molecule has 4 nitrogen and oxygen atoms in total. The molecule has 1 aromatic carbocycles. The second-order valence-corrected chi connectivity index (χ2v) is 4.73. The number of carbonyl (C=O) groups is 1. The topological polar surface area (TPSA) is 46.9 Å². The normalized spacial score (nSPS) is 10.3. The summed E-state index contributed by atoms with van der Waals surface area (Å²) in [5.41, 5.74) is 3.18. The average molecular weight is 277 g/mol. The minimum Gasteiger partial charge on any atom is -0.324 e. The van der Waals surface area contributed by atoms with Gasteiger partial charge in [0.2, 0.25) is 0 Å². The van der Waals surface area contributed by atoms with Crippen LogP contribution in [-0.2, 0) is 0 Å². The fourth-order valence-corrected chi connectivity index (χ4v) is 2.10. The highest BCUT2D eigenvalue weighted by atomic mass is 16.1. The number of hydrogen-bond donors (Lipinski definition) is 1. The molecule has 21 heavy (non-hydrogen) atoms. The molecule has 0 unspecified atom stereocenters. The van der Waals surface area contributed by atoms with Gasteiger partial charge in [0.1, 0.15) is 0 Å². The minimum absolute atomic E-state index is 0.134. The van der Waals surface area contributed by atoms with Crippen LogP contribution in [-0.4, -0.2) is 15.5 Å². The predicted molar refractivity (Wildman–Crippen MR) is 82.7 cm³/mol. The van der Waals surface area contributed by atoms with Crippen LogP contribution in [0.5, 0.6) is 0 Å². The van der Waals surface area contributed by atoms with Crippen LogP contribution in [0.1, 0.15) is 16.1 Å². The van der Waals surface area contributed by atoms with Gasteiger partial charge in [0, 0.05) is 29.8 Å². The molecule has 1 amide bonds. The van der Waals surface area contributed by atoms with Gasteiger partial charge in [-0.05, 0) is 55.5 Å². The van der Waals surface area contributed by atoms with Crippen LogP contribution in [0.25, 0.3) is 5.69 Å². The lowest BCUT2D eigenvalue weighted by Gasteiger charge is -2.08. The van der Waals surface area contributed by atoms with Crippen molar-refractivity contribution in [3.05, 3.63) is 78.4 Å². The van der Waals surface area contributed by atoms with Gasteiger partial charge >= 0.3 is 0 Å². The second-order valence-electron chi connectivity index (χ2n) is 4.73. The average Bonchev–Trinajstić information content (AvgIpc) is 3.04. The van der Waals surface area contributed by atoms with Crippen LogP contribution < -0.4 is 5.32 Å². The van der Waals surface area contributed by atoms with E-state index in [0.29, 0.717) is 5.56 Å². The van der Waals surface area contributed by atoms with Crippen LogP contribution in [0.15, 0.2) is 67.1 Å². The number of nitrogens with one attached hydrogen (secondary N) is 1. The predicted octanol–water partition coefficient (Wildman–Crippen LogP) is 3.43. The molecule has 0 saturated carbocycles. The summed E-state index contributed by atoms with van der Waals surface area (Å²) < 4.78 is 1.99. The lowest BCUT2D eigenvalue weighted by atomic mass is 10.2. The third-order valence-electron chi connectivity index (χ3n) is 3.29. The fourth-order valence-electron chi connectivity index (χ4n) is 2.10. The lowest BCUT2D eigenvalue weighted by Crippen LogP contribution is -2.13. The summed E-state index contributed by atoms with van der Waals surface area (Å²) in [6, 6.07) is 15.0. The Morgan fingerprint density at radius 2 is 1.76 bits per heavy atom. The van der Waals surface area contributed by atoms with Gasteiger partial charge < -0.3 is 9.88 Å². The summed E-state index contributed by atoms with van der Waals surface area (Å²) in [5.74, 6) is -0.134. The van der Waals surface area contributed by atoms with E-state index in [-0.39, 0.29) is 5.91 Å². The fraction of sp³-hybridized carbons (Fsp3) is 0.0588. The van der Waals surface area contributed by atoms with E-state index in [1.165, 1.54) is 0 Å². The van der Waals surface area contributed by atoms with Crippen molar-refractivity contribution in [3.63, 3.8) is 0 Å². The first-order valence-electron chi connectivity index (χ1n) is 6.70. The van der Waals surface area contributed by atoms with Crippen molar-refractivity contribution in [2.24, 2.45) is 0 Å². The Hall–Kier alpha value is -2.88. The number of carbonyl (C=O) groups excluding carboxylic acids is 1. The molecule has 0 fully saturated rings. The van der Waals surface area contributed by atoms with E-state index in [1.807, 2.05) is 66.3 Å². The van der Waals surface area contributed by atoms with Gasteiger partial charge in [-0.15, -0.1) is 0 Å². The molecule has 3 aromatic rings. The first kappa shape index (κ1) is 13.1. The molecule has 0 radical (unpaired) electrons. The SMILES string of the molecule is Cc1ncccc1NC(=O)c1ccc(-n2cccc2)cc1. The molecule has 2 aromatic heterocycles. The van der Waals surface area contributed by atoms with Crippen LogP contribution in [0.4, 0.5) is 5.69 Å². The molecule has 0 spiro atoms. The molecular formula is C17H15N3O. The van der Waals surface area contributed by atoms with Crippen LogP contribution in [0.2, 0.25) is 0 Å². The Balaban J connectivity index is 1.78. The third kappa shape index (κ3) is 2.84. The van der Waals surface area contributed by atoms with Gasteiger partial charge in [0.25, 0.3) is 5.91 Å². The number of nitrogens with zero attached hydrogens (tertiary/aromatic N) is 2. The molecule has 0 bridgehead atoms. The summed E-state index contributed by atoms with van der Waals surface area (Å²) >= 11 is 0. The van der Waals surface area contributed by atoms with E-state index in [0.717, 1.165) is 17.1 Å². The highest BCUT2D eigenvalue weighted by Crippen LogP contribution is 2.14. The first-order valence-corrected chi connectivity index (χ1v) is 6.70. The van der Waals surface area contributed by atoms with E-state index in [9.17, 15) is 4.79 Å². The van der Waals surface area contributed by atoms with Gasteiger partial charge in [-0.3, -0.25) is 9.78 Å². The van der Waals surface area contributed by atoms with Crippen molar-refractivity contribution in [1.29, 1.82) is 0 Å². The van der Waals surface area contributed by atoms with E-state index in [2.05, 4.69) is 10.3 Å². The van der Waals surface area contributed by atoms with Gasteiger partial charge in [-0.1, -0.05) is 0 Å². The molecule has 0 atom stereocenters. The van der Waals surface area contributed by atoms with Gasteiger partial charge in [0.15, 0.2) is 0 Å². The maximum atomic E-state index is 12.2. The van der Waals surface area contributed by atoms with Crippen molar-refractivity contribution < 1.29 is 4.79 Å². The Morgan fingerprint density at radius 1 is 1.05 bits per heavy atom. The van der Waals surface area contributed by atoms with Crippen molar-refractivity contribution >= 4 is 11.6 Å². The number of aromatic nitrogens is 2. The van der Waals surface area contributed by atoms with Crippen molar-refractivity contribution in [2.75, 3.05) is 5.32 Å². The number of pyridine rings is 1. The number of aryl methyl sites for hydroxylation is 1. The van der Waals surface area contributed by atoms with E-state index in [1.54, 1.807) is 12.3 Å². The zero-order valence-corrected chi connectivity index (χ0v) is 11.7. The lowest BCUT2D eigenvalue weighted by molar-refractivity contribution is 0.102. The Morgan fingerprint density at radius 3 is 2.43 bits per heavy atom. The summed E-state index contributed by atoms with van der Waals surface area (Å²) in [6.45, 7) is 1.87. The van der Waals surface area contributed by atoms with Crippen LogP contribution >= 0.6 is 0 Å². The first-order chi connectivity index (χ1) is 10.2. The number of rotatable bonds is 3. The maximum Gasteiger partial charge on any atom is 0.255 e. The third-order valence-corrected chi connectivity index (χ3v) is 3.29. The van der Waals surface area contributed by atoms with E-state index < -0.39 is 0 Å². The Labute approximate surface area is 123 Å². The molecule has 0 aliphatic carbocycles. The second kappa shape index (κ2) is 5.63. The summed E-state index contributed by atoms with van der Waals surface area (Å²) in [5, 5.41) is 2.87. The van der Waals surface area contributed by atoms with Gasteiger partial charge in [0.05, 0.1) is 11.4 Å². The molecule has 0 aliphatic rings. The summed E-state index contributed by atoms with van der Waals surface area (Å²) in [7, 11) is 0. The van der Waals surface area contributed by atoms with Crippen molar-refractivity contribution in [3.8, 4) is 5.69 Å². The molecule has 1 N–H and O–H groups in total. The molecular weight excluding hydrogens is 262 g/mol. The molecule has 0 aliphatic heterocycles. The zero-order valence-electron chi connectivity index (χ0n) is 11.7. The molecule has 2 heterocycles. The summed E-state index contributed by atoms with van der Waals surface area (Å²) in [6.07, 6.45) is 5.64. The summed E-state index contributed by atoms with van der Waals surface area (Å²) in [4.78, 5) is 16.4. The highest BCUT2D eigenvalue weighted by Gasteiger charge is 2.08. The quantitative estimate of drug-likeness (QED) is 0.797. The number of benzene rings is 1. The maximum absolute atomic E-state index is 12.2. The van der Waals surface area contributed by atoms with Gasteiger partial charge in [-0.2, -0.15) is 0 Å². The largest absolute Gasteiger partial charge is 0.324 e. The highest BCUT2D eigenvalue weighted by molar-refractivity contribution is 6.04. The van der Waals surface area contributed by atoms with Gasteiger partial charge in [-0.25, -0.2) is 0 Å². The molecule has 3 rings (SSSR count). The molecule has 4 heteroatoms. The van der Waals surface area contributed by atoms with Crippen molar-refractivity contribution in [2.45, 2.75) is 6.92 Å². The molecule has 104 valence electrons. The van der Waals surface area contributed by atoms with Crippen LogP contribution in [0.3, 0.4) is 0 Å². The van der Waals surface area contributed by atoms with Crippen molar-refractivity contribution in [1.82, 2.24) is 9.55 Å². The zero-order chi connectivity index (χ0) is 14.7. The van der Waals surface area contributed by atoms with Crippen LogP contribution in [0, 0.1) is 6.92 Å². The Bertz CT molecular complexity index is 746. The van der Waals surface area contributed by atoms with E-state index >= 15 is 0 Å². The minimum atomic E-state index is -0.134. The smallest absolute Gasteiger partial charge is 0.255 e. The number of hydrogen-bond acceptors (Lipinski definition) is 2. The number of amides is 1. The standard InChI is InChI=1S/C17H15N3O/c1-13-16(5-4-10-18-13)19-17(21)14-6-8-15(9-7-14)20-11-2-3-12-20/h2-12H,1H3,(H,19,21).